The third-order valence-corrected chi connectivity index (χ3v) is 5.20. The number of thioether (sulfide) groups is 2. The Labute approximate surface area is 98.5 Å². The van der Waals surface area contributed by atoms with E-state index < -0.39 is 9.84 Å². The zero-order valence-corrected chi connectivity index (χ0v) is 11.1. The van der Waals surface area contributed by atoms with Crippen molar-refractivity contribution in [2.24, 2.45) is 0 Å². The van der Waals surface area contributed by atoms with Crippen LogP contribution in [0.5, 0.6) is 0 Å². The zero-order chi connectivity index (χ0) is 11.9. The monoisotopic (exact) mass is 270 g/mol. The van der Waals surface area contributed by atoms with Gasteiger partial charge in [-0.3, -0.25) is 9.59 Å². The van der Waals surface area contributed by atoms with Gasteiger partial charge in [-0.2, -0.15) is 0 Å². The quantitative estimate of drug-likeness (QED) is 0.716. The molecular weight excluding hydrogens is 256 g/mol. The molecule has 0 aliphatic carbocycles. The van der Waals surface area contributed by atoms with E-state index in [0.717, 1.165) is 23.5 Å². The third-order valence-electron chi connectivity index (χ3n) is 1.40. The maximum atomic E-state index is 11.3. The first-order valence-corrected chi connectivity index (χ1v) is 8.10. The molecule has 0 saturated carbocycles. The predicted molar refractivity (Wildman–Crippen MR) is 64.9 cm³/mol. The topological polar surface area (TPSA) is 68.3 Å². The smallest absolute Gasteiger partial charge is 0.185 e. The number of hydrogen-bond acceptors (Lipinski definition) is 6. The van der Waals surface area contributed by atoms with Crippen molar-refractivity contribution in [3.63, 3.8) is 0 Å². The molecule has 0 radical (unpaired) electrons. The molecule has 0 aliphatic heterocycles. The minimum absolute atomic E-state index is 0.00425. The minimum Gasteiger partial charge on any atom is -0.288 e. The molecular formula is C8H14O4S3. The summed E-state index contributed by atoms with van der Waals surface area (Å²) in [7, 11) is -3.12. The first-order chi connectivity index (χ1) is 6.83. The molecule has 0 unspecified atom stereocenters. The molecule has 0 spiro atoms. The molecule has 0 N–H and O–H groups in total. The Hall–Kier alpha value is -0.0100. The van der Waals surface area contributed by atoms with Crippen LogP contribution in [0.1, 0.15) is 13.8 Å². The highest BCUT2D eigenvalue weighted by Crippen LogP contribution is 2.06. The van der Waals surface area contributed by atoms with Crippen LogP contribution in [0, 0.1) is 0 Å². The summed E-state index contributed by atoms with van der Waals surface area (Å²) >= 11 is 2.01. The van der Waals surface area contributed by atoms with Crippen LogP contribution in [0.2, 0.25) is 0 Å². The summed E-state index contributed by atoms with van der Waals surface area (Å²) in [5.41, 5.74) is 0. The van der Waals surface area contributed by atoms with Gasteiger partial charge in [0.2, 0.25) is 0 Å². The van der Waals surface area contributed by atoms with Gasteiger partial charge < -0.3 is 0 Å². The van der Waals surface area contributed by atoms with E-state index in [1.54, 1.807) is 0 Å². The first kappa shape index (κ1) is 15.0. The molecule has 7 heteroatoms. The Kier molecular flexibility index (Phi) is 7.29. The lowest BCUT2D eigenvalue weighted by atomic mass is 10.9. The van der Waals surface area contributed by atoms with E-state index in [4.69, 9.17) is 0 Å². The molecule has 0 aromatic heterocycles. The molecule has 0 heterocycles. The number of sulfone groups is 1. The fourth-order valence-electron chi connectivity index (χ4n) is 0.727. The second-order valence-electron chi connectivity index (χ2n) is 2.83. The second kappa shape index (κ2) is 7.29. The molecule has 0 amide bonds. The van der Waals surface area contributed by atoms with Gasteiger partial charge in [0.05, 0.1) is 11.5 Å². The van der Waals surface area contributed by atoms with Crippen LogP contribution in [0.4, 0.5) is 0 Å². The molecule has 0 rings (SSSR count). The number of carbonyl (C=O) groups is 2. The minimum atomic E-state index is -3.12. The van der Waals surface area contributed by atoms with Crippen LogP contribution in [0.15, 0.2) is 0 Å². The molecule has 0 fully saturated rings. The molecule has 0 aromatic rings. The number of carbonyl (C=O) groups excluding carboxylic acids is 2. The zero-order valence-electron chi connectivity index (χ0n) is 8.69. The van der Waals surface area contributed by atoms with Gasteiger partial charge in [-0.25, -0.2) is 8.42 Å². The van der Waals surface area contributed by atoms with Crippen molar-refractivity contribution in [1.29, 1.82) is 0 Å². The molecule has 15 heavy (non-hydrogen) atoms. The maximum absolute atomic E-state index is 11.3. The summed E-state index contributed by atoms with van der Waals surface area (Å²) in [6.07, 6.45) is 0. The largest absolute Gasteiger partial charge is 0.288 e. The molecule has 0 bridgehead atoms. The third kappa shape index (κ3) is 10.3. The Morgan fingerprint density at radius 3 is 1.53 bits per heavy atom. The summed E-state index contributed by atoms with van der Waals surface area (Å²) < 4.78 is 22.7. The van der Waals surface area contributed by atoms with Crippen molar-refractivity contribution in [2.45, 2.75) is 13.8 Å². The van der Waals surface area contributed by atoms with Gasteiger partial charge in [-0.1, -0.05) is 23.5 Å². The molecule has 88 valence electrons. The Morgan fingerprint density at radius 1 is 0.933 bits per heavy atom. The normalized spacial score (nSPS) is 11.3. The SMILES string of the molecule is CC(=O)SCCS(=O)(=O)CCSC(C)=O. The lowest BCUT2D eigenvalue weighted by Crippen LogP contribution is -2.15. The summed E-state index contributed by atoms with van der Waals surface area (Å²) in [6.45, 7) is 2.81. The van der Waals surface area contributed by atoms with Crippen LogP contribution in [0.25, 0.3) is 0 Å². The van der Waals surface area contributed by atoms with Crippen molar-refractivity contribution in [1.82, 2.24) is 0 Å². The highest BCUT2D eigenvalue weighted by molar-refractivity contribution is 8.14. The van der Waals surface area contributed by atoms with Crippen molar-refractivity contribution in [3.05, 3.63) is 0 Å². The van der Waals surface area contributed by atoms with Crippen molar-refractivity contribution in [2.75, 3.05) is 23.0 Å². The van der Waals surface area contributed by atoms with E-state index in [9.17, 15) is 18.0 Å². The van der Waals surface area contributed by atoms with E-state index in [1.807, 2.05) is 0 Å². The summed E-state index contributed by atoms with van der Waals surface area (Å²) in [5.74, 6) is 0.580. The van der Waals surface area contributed by atoms with Crippen LogP contribution in [-0.2, 0) is 19.4 Å². The standard InChI is InChI=1S/C8H14O4S3/c1-7(9)13-3-5-15(11,12)6-4-14-8(2)10/h3-6H2,1-2H3. The van der Waals surface area contributed by atoms with E-state index >= 15 is 0 Å². The average molecular weight is 270 g/mol. The van der Waals surface area contributed by atoms with Gasteiger partial charge in [0.1, 0.15) is 0 Å². The van der Waals surface area contributed by atoms with Crippen LogP contribution >= 0.6 is 23.5 Å². The fourth-order valence-corrected chi connectivity index (χ4v) is 4.20. The van der Waals surface area contributed by atoms with Gasteiger partial charge >= 0.3 is 0 Å². The first-order valence-electron chi connectivity index (χ1n) is 4.30. The van der Waals surface area contributed by atoms with Crippen LogP contribution < -0.4 is 0 Å². The van der Waals surface area contributed by atoms with Crippen molar-refractivity contribution < 1.29 is 18.0 Å². The lowest BCUT2D eigenvalue weighted by molar-refractivity contribution is -0.109. The van der Waals surface area contributed by atoms with E-state index in [2.05, 4.69) is 0 Å². The fraction of sp³-hybridized carbons (Fsp3) is 0.750. The summed E-state index contributed by atoms with van der Waals surface area (Å²) in [5, 5.41) is -0.161. The maximum Gasteiger partial charge on any atom is 0.185 e. The van der Waals surface area contributed by atoms with Crippen molar-refractivity contribution >= 4 is 43.6 Å². The highest BCUT2D eigenvalue weighted by Gasteiger charge is 2.11. The van der Waals surface area contributed by atoms with Gasteiger partial charge in [0, 0.05) is 25.4 Å². The molecule has 0 atom stereocenters. The second-order valence-corrected chi connectivity index (χ2v) is 7.68. The highest BCUT2D eigenvalue weighted by atomic mass is 32.2. The van der Waals surface area contributed by atoms with Gasteiger partial charge in [0.25, 0.3) is 0 Å². The van der Waals surface area contributed by atoms with Gasteiger partial charge in [0.15, 0.2) is 20.1 Å². The average Bonchev–Trinajstić information content (AvgIpc) is 2.01. The van der Waals surface area contributed by atoms with E-state index in [1.165, 1.54) is 13.8 Å². The van der Waals surface area contributed by atoms with Crippen LogP contribution in [0.3, 0.4) is 0 Å². The Bertz CT molecular complexity index is 295. The lowest BCUT2D eigenvalue weighted by Gasteiger charge is -2.01. The molecule has 4 nitrogen and oxygen atoms in total. The summed E-state index contributed by atoms with van der Waals surface area (Å²) in [6, 6.07) is 0. The van der Waals surface area contributed by atoms with E-state index in [0.29, 0.717) is 11.5 Å². The van der Waals surface area contributed by atoms with Gasteiger partial charge in [-0.15, -0.1) is 0 Å². The predicted octanol–water partition coefficient (Wildman–Crippen LogP) is 0.961. The summed E-state index contributed by atoms with van der Waals surface area (Å²) in [4.78, 5) is 21.1. The van der Waals surface area contributed by atoms with E-state index in [-0.39, 0.29) is 21.7 Å². The van der Waals surface area contributed by atoms with Gasteiger partial charge in [-0.05, 0) is 0 Å². The molecule has 0 aromatic carbocycles. The number of rotatable bonds is 6. The molecule has 0 saturated heterocycles. The van der Waals surface area contributed by atoms with Crippen molar-refractivity contribution in [3.8, 4) is 0 Å². The Morgan fingerprint density at radius 2 is 1.27 bits per heavy atom. The number of hydrogen-bond donors (Lipinski definition) is 0. The Balaban J connectivity index is 3.77. The van der Waals surface area contributed by atoms with Crippen LogP contribution in [-0.4, -0.2) is 41.7 Å². The molecule has 0 aliphatic rings.